The molecule has 0 spiro atoms. The molecule has 1 amide bonds. The first kappa shape index (κ1) is 13.4. The van der Waals surface area contributed by atoms with Gasteiger partial charge in [-0.3, -0.25) is 9.48 Å². The molecule has 5 nitrogen and oxygen atoms in total. The van der Waals surface area contributed by atoms with Crippen LogP contribution in [0.1, 0.15) is 23.6 Å². The third-order valence-electron chi connectivity index (χ3n) is 3.93. The number of benzene rings is 1. The molecule has 0 aliphatic carbocycles. The number of likely N-dealkylation sites (tertiary alicyclic amines) is 1. The molecule has 1 aliphatic heterocycles. The summed E-state index contributed by atoms with van der Waals surface area (Å²) >= 11 is 0. The Morgan fingerprint density at radius 2 is 2.14 bits per heavy atom. The zero-order chi connectivity index (χ0) is 14.8. The van der Waals surface area contributed by atoms with E-state index < -0.39 is 0 Å². The van der Waals surface area contributed by atoms with E-state index in [1.165, 1.54) is 5.56 Å². The molecular weight excluding hydrogens is 264 g/mol. The van der Waals surface area contributed by atoms with Crippen molar-refractivity contribution in [2.24, 2.45) is 5.92 Å². The van der Waals surface area contributed by atoms with Gasteiger partial charge in [0.1, 0.15) is 0 Å². The summed E-state index contributed by atoms with van der Waals surface area (Å²) in [5.41, 5.74) is 2.09. The maximum absolute atomic E-state index is 11.8. The molecule has 0 saturated carbocycles. The SMILES string of the molecule is CN1C(=O)C[C@@H](C#N)[C@@H]1c1cnn(Cc2ccccc2)c1. The molecule has 1 aromatic carbocycles. The van der Waals surface area contributed by atoms with Gasteiger partial charge in [-0.25, -0.2) is 0 Å². The molecule has 2 atom stereocenters. The average molecular weight is 280 g/mol. The van der Waals surface area contributed by atoms with Crippen molar-refractivity contribution in [2.75, 3.05) is 7.05 Å². The van der Waals surface area contributed by atoms with Crippen molar-refractivity contribution < 1.29 is 4.79 Å². The number of nitriles is 1. The maximum Gasteiger partial charge on any atom is 0.224 e. The van der Waals surface area contributed by atoms with Crippen LogP contribution in [0.4, 0.5) is 0 Å². The Balaban J connectivity index is 1.82. The van der Waals surface area contributed by atoms with Gasteiger partial charge in [0.25, 0.3) is 0 Å². The molecule has 0 N–H and O–H groups in total. The second kappa shape index (κ2) is 5.41. The van der Waals surface area contributed by atoms with Gasteiger partial charge in [0.2, 0.25) is 5.91 Å². The standard InChI is InChI=1S/C16H16N4O/c1-19-15(21)7-13(8-17)16(19)14-9-18-20(11-14)10-12-5-3-2-4-6-12/h2-6,9,11,13,16H,7,10H2,1H3/t13-,16+/m0/s1. The lowest BCUT2D eigenvalue weighted by molar-refractivity contribution is -0.127. The smallest absolute Gasteiger partial charge is 0.224 e. The normalized spacial score (nSPS) is 21.5. The van der Waals surface area contributed by atoms with Crippen molar-refractivity contribution in [3.05, 3.63) is 53.9 Å². The van der Waals surface area contributed by atoms with E-state index in [-0.39, 0.29) is 17.9 Å². The summed E-state index contributed by atoms with van der Waals surface area (Å²) in [6.45, 7) is 0.683. The number of carbonyl (C=O) groups excluding carboxylic acids is 1. The first-order valence-electron chi connectivity index (χ1n) is 6.90. The van der Waals surface area contributed by atoms with Gasteiger partial charge in [-0.15, -0.1) is 0 Å². The molecule has 2 heterocycles. The fraction of sp³-hybridized carbons (Fsp3) is 0.312. The van der Waals surface area contributed by atoms with Crippen molar-refractivity contribution >= 4 is 5.91 Å². The number of rotatable bonds is 3. The van der Waals surface area contributed by atoms with Gasteiger partial charge in [0.05, 0.1) is 30.8 Å². The zero-order valence-corrected chi connectivity index (χ0v) is 11.8. The summed E-state index contributed by atoms with van der Waals surface area (Å²) in [4.78, 5) is 13.4. The highest BCUT2D eigenvalue weighted by atomic mass is 16.2. The Morgan fingerprint density at radius 3 is 2.86 bits per heavy atom. The van der Waals surface area contributed by atoms with E-state index in [9.17, 15) is 10.1 Å². The van der Waals surface area contributed by atoms with Crippen LogP contribution in [-0.4, -0.2) is 27.6 Å². The molecule has 2 aromatic rings. The van der Waals surface area contributed by atoms with Crippen LogP contribution in [0, 0.1) is 17.2 Å². The second-order valence-corrected chi connectivity index (χ2v) is 5.35. The quantitative estimate of drug-likeness (QED) is 0.863. The van der Waals surface area contributed by atoms with Crippen LogP contribution in [0.25, 0.3) is 0 Å². The van der Waals surface area contributed by atoms with Gasteiger partial charge in [0, 0.05) is 25.2 Å². The third-order valence-corrected chi connectivity index (χ3v) is 3.93. The predicted octanol–water partition coefficient (Wildman–Crippen LogP) is 1.97. The van der Waals surface area contributed by atoms with Crippen LogP contribution in [-0.2, 0) is 11.3 Å². The summed E-state index contributed by atoms with van der Waals surface area (Å²) in [5, 5.41) is 13.6. The molecule has 5 heteroatoms. The molecular formula is C16H16N4O. The van der Waals surface area contributed by atoms with Crippen LogP contribution in [0.3, 0.4) is 0 Å². The number of amides is 1. The Kier molecular flexibility index (Phi) is 3.44. The summed E-state index contributed by atoms with van der Waals surface area (Å²) in [6, 6.07) is 12.1. The van der Waals surface area contributed by atoms with Crippen LogP contribution in [0.5, 0.6) is 0 Å². The van der Waals surface area contributed by atoms with Crippen molar-refractivity contribution in [1.29, 1.82) is 5.26 Å². The van der Waals surface area contributed by atoms with Gasteiger partial charge >= 0.3 is 0 Å². The number of nitrogens with zero attached hydrogens (tertiary/aromatic N) is 4. The van der Waals surface area contributed by atoms with Gasteiger partial charge in [0.15, 0.2) is 0 Å². The monoisotopic (exact) mass is 280 g/mol. The van der Waals surface area contributed by atoms with Crippen LogP contribution < -0.4 is 0 Å². The van der Waals surface area contributed by atoms with Gasteiger partial charge in [-0.05, 0) is 5.56 Å². The molecule has 1 saturated heterocycles. The van der Waals surface area contributed by atoms with E-state index in [4.69, 9.17) is 0 Å². The van der Waals surface area contributed by atoms with E-state index in [0.717, 1.165) is 5.56 Å². The highest BCUT2D eigenvalue weighted by Crippen LogP contribution is 2.36. The van der Waals surface area contributed by atoms with E-state index in [1.54, 1.807) is 18.1 Å². The maximum atomic E-state index is 11.8. The minimum Gasteiger partial charge on any atom is -0.337 e. The summed E-state index contributed by atoms with van der Waals surface area (Å²) in [5.74, 6) is -0.278. The number of carbonyl (C=O) groups is 1. The molecule has 3 rings (SSSR count). The second-order valence-electron chi connectivity index (χ2n) is 5.35. The number of aromatic nitrogens is 2. The predicted molar refractivity (Wildman–Crippen MR) is 77.0 cm³/mol. The van der Waals surface area contributed by atoms with Crippen molar-refractivity contribution in [3.63, 3.8) is 0 Å². The van der Waals surface area contributed by atoms with Crippen molar-refractivity contribution in [1.82, 2.24) is 14.7 Å². The Morgan fingerprint density at radius 1 is 1.38 bits per heavy atom. The fourth-order valence-electron chi connectivity index (χ4n) is 2.83. The fourth-order valence-corrected chi connectivity index (χ4v) is 2.83. The Labute approximate surface area is 123 Å². The van der Waals surface area contributed by atoms with Crippen LogP contribution in [0.2, 0.25) is 0 Å². The van der Waals surface area contributed by atoms with Gasteiger partial charge < -0.3 is 4.90 Å². The summed E-state index contributed by atoms with van der Waals surface area (Å²) < 4.78 is 1.84. The lowest BCUT2D eigenvalue weighted by Crippen LogP contribution is -2.23. The summed E-state index contributed by atoms with van der Waals surface area (Å²) in [7, 11) is 1.75. The Hall–Kier alpha value is -2.61. The molecule has 1 aliphatic rings. The van der Waals surface area contributed by atoms with Crippen molar-refractivity contribution in [2.45, 2.75) is 19.0 Å². The van der Waals surface area contributed by atoms with E-state index >= 15 is 0 Å². The zero-order valence-electron chi connectivity index (χ0n) is 11.8. The highest BCUT2D eigenvalue weighted by molar-refractivity contribution is 5.79. The highest BCUT2D eigenvalue weighted by Gasteiger charge is 2.39. The molecule has 106 valence electrons. The average Bonchev–Trinajstić information content (AvgIpc) is 3.05. The van der Waals surface area contributed by atoms with Crippen LogP contribution in [0.15, 0.2) is 42.7 Å². The minimum absolute atomic E-state index is 0.0161. The van der Waals surface area contributed by atoms with E-state index in [0.29, 0.717) is 13.0 Å². The number of hydrogen-bond donors (Lipinski definition) is 0. The van der Waals surface area contributed by atoms with Crippen LogP contribution >= 0.6 is 0 Å². The minimum atomic E-state index is -0.295. The Bertz CT molecular complexity index is 686. The molecule has 1 aromatic heterocycles. The number of hydrogen-bond acceptors (Lipinski definition) is 3. The van der Waals surface area contributed by atoms with E-state index in [2.05, 4.69) is 11.2 Å². The topological polar surface area (TPSA) is 61.9 Å². The molecule has 0 bridgehead atoms. The van der Waals surface area contributed by atoms with Gasteiger partial charge in [-0.1, -0.05) is 30.3 Å². The summed E-state index contributed by atoms with van der Waals surface area (Å²) in [6.07, 6.45) is 3.98. The first-order chi connectivity index (χ1) is 10.2. The largest absolute Gasteiger partial charge is 0.337 e. The van der Waals surface area contributed by atoms with Crippen molar-refractivity contribution in [3.8, 4) is 6.07 Å². The third kappa shape index (κ3) is 2.52. The first-order valence-corrected chi connectivity index (χ1v) is 6.90. The molecule has 21 heavy (non-hydrogen) atoms. The molecule has 0 radical (unpaired) electrons. The van der Waals surface area contributed by atoms with E-state index in [1.807, 2.05) is 41.2 Å². The lowest BCUT2D eigenvalue weighted by atomic mass is 9.97. The molecule has 1 fully saturated rings. The lowest BCUT2D eigenvalue weighted by Gasteiger charge is -2.20. The molecule has 0 unspecified atom stereocenters. The van der Waals surface area contributed by atoms with Gasteiger partial charge in [-0.2, -0.15) is 10.4 Å².